The lowest BCUT2D eigenvalue weighted by Gasteiger charge is -2.17. The molecule has 2 N–H and O–H groups in total. The molecule has 8 heteroatoms. The summed E-state index contributed by atoms with van der Waals surface area (Å²) in [5.41, 5.74) is 1.55. The number of hydrogen-bond donors (Lipinski definition) is 2. The Balaban J connectivity index is 1.56. The summed E-state index contributed by atoms with van der Waals surface area (Å²) in [6, 6.07) is 14.0. The molecule has 2 aromatic carbocycles. The molecule has 1 aliphatic rings. The first-order chi connectivity index (χ1) is 14.0. The van der Waals surface area contributed by atoms with Crippen LogP contribution in [0.1, 0.15) is 12.0 Å². The average molecular weight is 398 g/mol. The van der Waals surface area contributed by atoms with E-state index >= 15 is 0 Å². The van der Waals surface area contributed by atoms with Gasteiger partial charge in [-0.25, -0.2) is 4.79 Å². The predicted molar refractivity (Wildman–Crippen MR) is 105 cm³/mol. The number of carbonyl (C=O) groups is 3. The minimum Gasteiger partial charge on any atom is -0.497 e. The van der Waals surface area contributed by atoms with Gasteiger partial charge in [-0.05, 0) is 42.0 Å². The van der Waals surface area contributed by atoms with Crippen molar-refractivity contribution in [3.8, 4) is 11.5 Å². The van der Waals surface area contributed by atoms with Gasteiger partial charge in [-0.3, -0.25) is 9.59 Å². The Kier molecular flexibility index (Phi) is 6.33. The van der Waals surface area contributed by atoms with E-state index in [-0.39, 0.29) is 24.8 Å². The molecule has 2 aromatic rings. The van der Waals surface area contributed by atoms with Crippen LogP contribution in [0.5, 0.6) is 11.5 Å². The fraction of sp³-hybridized carbons (Fsp3) is 0.286. The number of benzene rings is 2. The van der Waals surface area contributed by atoms with Crippen LogP contribution < -0.4 is 19.7 Å². The van der Waals surface area contributed by atoms with E-state index in [9.17, 15) is 14.4 Å². The van der Waals surface area contributed by atoms with Crippen molar-refractivity contribution in [3.05, 3.63) is 54.1 Å². The molecule has 0 bridgehead atoms. The zero-order valence-electron chi connectivity index (χ0n) is 16.0. The minimum atomic E-state index is -1.06. The van der Waals surface area contributed by atoms with Crippen molar-refractivity contribution in [1.29, 1.82) is 0 Å². The van der Waals surface area contributed by atoms with Crippen LogP contribution in [0.4, 0.5) is 5.69 Å². The van der Waals surface area contributed by atoms with E-state index in [0.29, 0.717) is 18.0 Å². The third-order valence-electron chi connectivity index (χ3n) is 4.61. The molecule has 1 aliphatic heterocycles. The third-order valence-corrected chi connectivity index (χ3v) is 4.61. The molecule has 1 atom stereocenters. The molecule has 152 valence electrons. The number of carboxylic acid groups (broad SMARTS) is 1. The highest BCUT2D eigenvalue weighted by Crippen LogP contribution is 2.27. The molecule has 0 radical (unpaired) electrons. The van der Waals surface area contributed by atoms with Gasteiger partial charge in [-0.15, -0.1) is 0 Å². The average Bonchev–Trinajstić information content (AvgIpc) is 3.12. The van der Waals surface area contributed by atoms with Gasteiger partial charge in [0.05, 0.1) is 13.0 Å². The Morgan fingerprint density at radius 2 is 1.93 bits per heavy atom. The molecule has 0 unspecified atom stereocenters. The van der Waals surface area contributed by atoms with Gasteiger partial charge in [0.2, 0.25) is 11.8 Å². The second kappa shape index (κ2) is 9.09. The number of ether oxygens (including phenoxy) is 2. The van der Waals surface area contributed by atoms with E-state index in [1.165, 1.54) is 0 Å². The lowest BCUT2D eigenvalue weighted by atomic mass is 10.1. The van der Waals surface area contributed by atoms with Crippen molar-refractivity contribution in [3.63, 3.8) is 0 Å². The highest BCUT2D eigenvalue weighted by atomic mass is 16.5. The van der Waals surface area contributed by atoms with Crippen LogP contribution in [0.2, 0.25) is 0 Å². The molecule has 1 saturated heterocycles. The Morgan fingerprint density at radius 1 is 1.17 bits per heavy atom. The molecular formula is C21H22N2O6. The van der Waals surface area contributed by atoms with Crippen LogP contribution in [0, 0.1) is 5.92 Å². The third kappa shape index (κ3) is 5.25. The summed E-state index contributed by atoms with van der Waals surface area (Å²) in [5, 5.41) is 11.5. The largest absolute Gasteiger partial charge is 0.497 e. The number of methoxy groups -OCH3 is 1. The molecule has 0 aromatic heterocycles. The normalized spacial score (nSPS) is 15.8. The number of nitrogens with one attached hydrogen (secondary N) is 1. The molecule has 29 heavy (non-hydrogen) atoms. The summed E-state index contributed by atoms with van der Waals surface area (Å²) in [7, 11) is 1.58. The van der Waals surface area contributed by atoms with Gasteiger partial charge < -0.3 is 24.8 Å². The quantitative estimate of drug-likeness (QED) is 0.703. The Bertz CT molecular complexity index is 896. The first kappa shape index (κ1) is 20.2. The Labute approximate surface area is 168 Å². The molecule has 0 aliphatic carbocycles. The van der Waals surface area contributed by atoms with Gasteiger partial charge in [0, 0.05) is 25.2 Å². The van der Waals surface area contributed by atoms with Crippen LogP contribution in [-0.2, 0) is 20.9 Å². The van der Waals surface area contributed by atoms with Gasteiger partial charge in [-0.2, -0.15) is 0 Å². The second-order valence-corrected chi connectivity index (χ2v) is 6.65. The highest BCUT2D eigenvalue weighted by molar-refractivity contribution is 6.00. The molecule has 0 spiro atoms. The molecular weight excluding hydrogens is 376 g/mol. The fourth-order valence-corrected chi connectivity index (χ4v) is 3.12. The molecule has 0 saturated carbocycles. The van der Waals surface area contributed by atoms with Gasteiger partial charge in [-0.1, -0.05) is 12.1 Å². The number of carbonyl (C=O) groups excluding carboxylic acids is 2. The first-order valence-corrected chi connectivity index (χ1v) is 9.12. The summed E-state index contributed by atoms with van der Waals surface area (Å²) in [4.78, 5) is 37.0. The van der Waals surface area contributed by atoms with Crippen LogP contribution in [0.25, 0.3) is 0 Å². The van der Waals surface area contributed by atoms with Gasteiger partial charge >= 0.3 is 5.97 Å². The monoisotopic (exact) mass is 398 g/mol. The van der Waals surface area contributed by atoms with Crippen molar-refractivity contribution >= 4 is 23.5 Å². The van der Waals surface area contributed by atoms with E-state index in [2.05, 4.69) is 5.32 Å². The summed E-state index contributed by atoms with van der Waals surface area (Å²) in [6.45, 7) is 0.214. The summed E-state index contributed by atoms with van der Waals surface area (Å²) < 4.78 is 10.3. The van der Waals surface area contributed by atoms with Gasteiger partial charge in [0.1, 0.15) is 11.5 Å². The zero-order chi connectivity index (χ0) is 20.8. The molecule has 2 amide bonds. The van der Waals surface area contributed by atoms with Crippen LogP contribution in [-0.4, -0.2) is 43.2 Å². The molecule has 8 nitrogen and oxygen atoms in total. The van der Waals surface area contributed by atoms with E-state index in [4.69, 9.17) is 14.6 Å². The standard InChI is InChI=1S/C21H22N2O6/c1-28-18-4-2-3-14(9-18)11-22-21(27)15-10-19(24)23(12-15)16-5-7-17(8-6-16)29-13-20(25)26/h2-9,15H,10-13H2,1H3,(H,22,27)(H,25,26)/t15-/m1/s1. The smallest absolute Gasteiger partial charge is 0.341 e. The highest BCUT2D eigenvalue weighted by Gasteiger charge is 2.35. The SMILES string of the molecule is COc1cccc(CNC(=O)[C@@H]2CC(=O)N(c3ccc(OCC(=O)O)cc3)C2)c1. The molecule has 3 rings (SSSR count). The number of aliphatic carboxylic acids is 1. The lowest BCUT2D eigenvalue weighted by Crippen LogP contribution is -2.32. The summed E-state index contributed by atoms with van der Waals surface area (Å²) in [6.07, 6.45) is 0.140. The summed E-state index contributed by atoms with van der Waals surface area (Å²) in [5.74, 6) is -0.691. The topological polar surface area (TPSA) is 105 Å². The van der Waals surface area contributed by atoms with E-state index in [1.807, 2.05) is 24.3 Å². The van der Waals surface area contributed by atoms with E-state index in [0.717, 1.165) is 11.3 Å². The number of amides is 2. The predicted octanol–water partition coefficient (Wildman–Crippen LogP) is 1.83. The Morgan fingerprint density at radius 3 is 2.62 bits per heavy atom. The number of anilines is 1. The Hall–Kier alpha value is -3.55. The molecule has 1 heterocycles. The number of hydrogen-bond acceptors (Lipinski definition) is 5. The number of rotatable bonds is 8. The van der Waals surface area contributed by atoms with Crippen LogP contribution in [0.15, 0.2) is 48.5 Å². The zero-order valence-corrected chi connectivity index (χ0v) is 16.0. The lowest BCUT2D eigenvalue weighted by molar-refractivity contribution is -0.139. The van der Waals surface area contributed by atoms with Gasteiger partial charge in [0.25, 0.3) is 0 Å². The molecule has 1 fully saturated rings. The summed E-state index contributed by atoms with van der Waals surface area (Å²) >= 11 is 0. The maximum absolute atomic E-state index is 12.5. The van der Waals surface area contributed by atoms with Crippen LogP contribution in [0.3, 0.4) is 0 Å². The van der Waals surface area contributed by atoms with Crippen molar-refractivity contribution in [1.82, 2.24) is 5.32 Å². The van der Waals surface area contributed by atoms with Crippen molar-refractivity contribution in [2.45, 2.75) is 13.0 Å². The van der Waals surface area contributed by atoms with Crippen molar-refractivity contribution < 1.29 is 29.0 Å². The second-order valence-electron chi connectivity index (χ2n) is 6.65. The van der Waals surface area contributed by atoms with Crippen LogP contribution >= 0.6 is 0 Å². The fourth-order valence-electron chi connectivity index (χ4n) is 3.12. The van der Waals surface area contributed by atoms with Crippen molar-refractivity contribution in [2.75, 3.05) is 25.2 Å². The number of nitrogens with zero attached hydrogens (tertiary/aromatic N) is 1. The van der Waals surface area contributed by atoms with Crippen molar-refractivity contribution in [2.24, 2.45) is 5.92 Å². The van der Waals surface area contributed by atoms with E-state index in [1.54, 1.807) is 36.3 Å². The van der Waals surface area contributed by atoms with E-state index < -0.39 is 18.5 Å². The minimum absolute atomic E-state index is 0.134. The maximum atomic E-state index is 12.5. The maximum Gasteiger partial charge on any atom is 0.341 e. The number of carboxylic acids is 1. The van der Waals surface area contributed by atoms with Gasteiger partial charge in [0.15, 0.2) is 6.61 Å². The first-order valence-electron chi connectivity index (χ1n) is 9.12.